The average Bonchev–Trinajstić information content (AvgIpc) is 3.10. The topological polar surface area (TPSA) is 62.0 Å². The quantitative estimate of drug-likeness (QED) is 0.622. The van der Waals surface area contributed by atoms with E-state index in [0.717, 1.165) is 55.3 Å². The molecule has 0 saturated carbocycles. The van der Waals surface area contributed by atoms with Gasteiger partial charge in [-0.2, -0.15) is 0 Å². The minimum atomic E-state index is -0.815. The van der Waals surface area contributed by atoms with Gasteiger partial charge in [0.05, 0.1) is 24.6 Å². The van der Waals surface area contributed by atoms with Gasteiger partial charge in [-0.25, -0.2) is 4.98 Å². The van der Waals surface area contributed by atoms with Crippen LogP contribution in [0.5, 0.6) is 0 Å². The Morgan fingerprint density at radius 2 is 1.96 bits per heavy atom. The summed E-state index contributed by atoms with van der Waals surface area (Å²) in [6.45, 7) is 6.00. The minimum absolute atomic E-state index is 0.564. The van der Waals surface area contributed by atoms with E-state index in [4.69, 9.17) is 16.3 Å². The van der Waals surface area contributed by atoms with Crippen LogP contribution in [0.2, 0.25) is 5.02 Å². The summed E-state index contributed by atoms with van der Waals surface area (Å²) in [6, 6.07) is 12.1. The van der Waals surface area contributed by atoms with Crippen LogP contribution in [0.4, 0.5) is 5.69 Å². The molecule has 0 radical (unpaired) electrons. The van der Waals surface area contributed by atoms with Crippen LogP contribution in [0.1, 0.15) is 30.1 Å². The van der Waals surface area contributed by atoms with Crippen LogP contribution < -0.4 is 10.2 Å². The Hall–Kier alpha value is -2.12. The van der Waals surface area contributed by atoms with Crippen LogP contribution >= 0.6 is 11.6 Å². The van der Waals surface area contributed by atoms with E-state index in [-0.39, 0.29) is 0 Å². The molecular formula is C21H25ClN4O2. The monoisotopic (exact) mass is 400 g/mol. The third kappa shape index (κ3) is 4.00. The number of nitrogens with one attached hydrogen (secondary N) is 1. The number of halogens is 1. The van der Waals surface area contributed by atoms with Gasteiger partial charge >= 0.3 is 0 Å². The number of aliphatic hydroxyl groups is 1. The Balaban J connectivity index is 1.45. The number of fused-ring (bicyclic) bond motifs is 1. The van der Waals surface area contributed by atoms with E-state index in [0.29, 0.717) is 11.6 Å². The first-order valence-electron chi connectivity index (χ1n) is 9.65. The predicted molar refractivity (Wildman–Crippen MR) is 111 cm³/mol. The molecule has 3 aromatic rings. The SMILES string of the molecule is CCc1nc2cc(Cl)ccn2c1C(O)NCc1ccc(N2CCOCC2)cc1. The largest absolute Gasteiger partial charge is 0.378 e. The van der Waals surface area contributed by atoms with Gasteiger partial charge in [0.1, 0.15) is 11.9 Å². The molecule has 1 atom stereocenters. The lowest BCUT2D eigenvalue weighted by molar-refractivity contribution is 0.122. The lowest BCUT2D eigenvalue weighted by atomic mass is 10.1. The highest BCUT2D eigenvalue weighted by atomic mass is 35.5. The first-order valence-corrected chi connectivity index (χ1v) is 10.0. The van der Waals surface area contributed by atoms with Crippen LogP contribution in [0, 0.1) is 0 Å². The van der Waals surface area contributed by atoms with Crippen molar-refractivity contribution < 1.29 is 9.84 Å². The molecule has 1 fully saturated rings. The van der Waals surface area contributed by atoms with Crippen molar-refractivity contribution in [2.45, 2.75) is 26.1 Å². The van der Waals surface area contributed by atoms with Gasteiger partial charge in [0.2, 0.25) is 0 Å². The summed E-state index contributed by atoms with van der Waals surface area (Å²) in [7, 11) is 0. The van der Waals surface area contributed by atoms with E-state index in [9.17, 15) is 5.11 Å². The zero-order chi connectivity index (χ0) is 19.5. The zero-order valence-electron chi connectivity index (χ0n) is 15.9. The molecule has 0 amide bonds. The smallest absolute Gasteiger partial charge is 0.148 e. The van der Waals surface area contributed by atoms with Crippen molar-refractivity contribution in [1.29, 1.82) is 0 Å². The second kappa shape index (κ2) is 8.49. The number of hydrogen-bond donors (Lipinski definition) is 2. The van der Waals surface area contributed by atoms with Crippen LogP contribution in [-0.4, -0.2) is 40.8 Å². The summed E-state index contributed by atoms with van der Waals surface area (Å²) >= 11 is 6.07. The second-order valence-electron chi connectivity index (χ2n) is 6.92. The molecule has 7 heteroatoms. The van der Waals surface area contributed by atoms with Crippen molar-refractivity contribution in [3.63, 3.8) is 0 Å². The normalized spacial score (nSPS) is 15.9. The molecule has 2 N–H and O–H groups in total. The van der Waals surface area contributed by atoms with Gasteiger partial charge in [0, 0.05) is 42.6 Å². The number of benzene rings is 1. The number of ether oxygens (including phenoxy) is 1. The van der Waals surface area contributed by atoms with Gasteiger partial charge in [-0.1, -0.05) is 30.7 Å². The number of morpholine rings is 1. The predicted octanol–water partition coefficient (Wildman–Crippen LogP) is 3.17. The number of nitrogens with zero attached hydrogens (tertiary/aromatic N) is 3. The number of aromatic nitrogens is 2. The molecule has 0 spiro atoms. The summed E-state index contributed by atoms with van der Waals surface area (Å²) in [5, 5.41) is 14.6. The fraction of sp³-hybridized carbons (Fsp3) is 0.381. The Kier molecular flexibility index (Phi) is 5.82. The lowest BCUT2D eigenvalue weighted by Crippen LogP contribution is -2.36. The fourth-order valence-electron chi connectivity index (χ4n) is 3.59. The number of aliphatic hydroxyl groups excluding tert-OH is 1. The molecule has 6 nitrogen and oxygen atoms in total. The van der Waals surface area contributed by atoms with Crippen molar-refractivity contribution in [1.82, 2.24) is 14.7 Å². The number of hydrogen-bond acceptors (Lipinski definition) is 5. The zero-order valence-corrected chi connectivity index (χ0v) is 16.7. The Bertz CT molecular complexity index is 935. The molecular weight excluding hydrogens is 376 g/mol. The van der Waals surface area contributed by atoms with Gasteiger partial charge in [0.25, 0.3) is 0 Å². The molecule has 28 heavy (non-hydrogen) atoms. The van der Waals surface area contributed by atoms with Crippen LogP contribution in [-0.2, 0) is 17.7 Å². The molecule has 1 aliphatic rings. The van der Waals surface area contributed by atoms with Crippen LogP contribution in [0.25, 0.3) is 5.65 Å². The van der Waals surface area contributed by atoms with Gasteiger partial charge < -0.3 is 14.7 Å². The maximum absolute atomic E-state index is 10.8. The van der Waals surface area contributed by atoms with E-state index >= 15 is 0 Å². The number of anilines is 1. The second-order valence-corrected chi connectivity index (χ2v) is 7.36. The maximum Gasteiger partial charge on any atom is 0.148 e. The highest BCUT2D eigenvalue weighted by Gasteiger charge is 2.18. The molecule has 1 saturated heterocycles. The first kappa shape index (κ1) is 19.2. The van der Waals surface area contributed by atoms with Crippen molar-refractivity contribution in [3.8, 4) is 0 Å². The molecule has 4 rings (SSSR count). The first-order chi connectivity index (χ1) is 13.7. The van der Waals surface area contributed by atoms with E-state index in [1.807, 2.05) is 17.5 Å². The number of rotatable bonds is 6. The Morgan fingerprint density at radius 1 is 1.21 bits per heavy atom. The molecule has 148 valence electrons. The van der Waals surface area contributed by atoms with Crippen molar-refractivity contribution >= 4 is 22.9 Å². The summed E-state index contributed by atoms with van der Waals surface area (Å²) < 4.78 is 7.30. The summed E-state index contributed by atoms with van der Waals surface area (Å²) in [5.41, 5.74) is 4.70. The molecule has 0 bridgehead atoms. The fourth-order valence-corrected chi connectivity index (χ4v) is 3.75. The van der Waals surface area contributed by atoms with E-state index in [2.05, 4.69) is 39.5 Å². The minimum Gasteiger partial charge on any atom is -0.378 e. The number of imidazole rings is 1. The summed E-state index contributed by atoms with van der Waals surface area (Å²) in [6.07, 6.45) is 1.77. The third-order valence-electron chi connectivity index (χ3n) is 5.11. The van der Waals surface area contributed by atoms with E-state index < -0.39 is 6.23 Å². The third-order valence-corrected chi connectivity index (χ3v) is 5.34. The standard InChI is InChI=1S/C21H25ClN4O2/c1-2-18-20(26-8-7-16(22)13-19(26)24-18)21(27)23-14-15-3-5-17(6-4-15)25-9-11-28-12-10-25/h3-8,13,21,23,27H,2,9-12,14H2,1H3. The van der Waals surface area contributed by atoms with Crippen molar-refractivity contribution in [3.05, 3.63) is 64.6 Å². The molecule has 3 heterocycles. The molecule has 2 aromatic heterocycles. The maximum atomic E-state index is 10.8. The van der Waals surface area contributed by atoms with Gasteiger partial charge in [-0.3, -0.25) is 9.72 Å². The van der Waals surface area contributed by atoms with Crippen LogP contribution in [0.15, 0.2) is 42.6 Å². The van der Waals surface area contributed by atoms with Crippen LogP contribution in [0.3, 0.4) is 0 Å². The van der Waals surface area contributed by atoms with Gasteiger partial charge in [-0.15, -0.1) is 0 Å². The Morgan fingerprint density at radius 3 is 2.68 bits per heavy atom. The molecule has 1 unspecified atom stereocenters. The highest BCUT2D eigenvalue weighted by molar-refractivity contribution is 6.30. The van der Waals surface area contributed by atoms with E-state index in [1.165, 1.54) is 5.69 Å². The molecule has 1 aromatic carbocycles. The van der Waals surface area contributed by atoms with Gasteiger partial charge in [-0.05, 0) is 30.2 Å². The highest BCUT2D eigenvalue weighted by Crippen LogP contribution is 2.22. The molecule has 0 aliphatic carbocycles. The van der Waals surface area contributed by atoms with E-state index in [1.54, 1.807) is 12.1 Å². The number of pyridine rings is 1. The molecule has 1 aliphatic heterocycles. The average molecular weight is 401 g/mol. The van der Waals surface area contributed by atoms with Crippen molar-refractivity contribution in [2.24, 2.45) is 0 Å². The van der Waals surface area contributed by atoms with Gasteiger partial charge in [0.15, 0.2) is 0 Å². The Labute approximate surface area is 169 Å². The summed E-state index contributed by atoms with van der Waals surface area (Å²) in [4.78, 5) is 6.92. The number of aryl methyl sites for hydroxylation is 1. The van der Waals surface area contributed by atoms with Crippen molar-refractivity contribution in [2.75, 3.05) is 31.2 Å². The lowest BCUT2D eigenvalue weighted by Gasteiger charge is -2.29. The summed E-state index contributed by atoms with van der Waals surface area (Å²) in [5.74, 6) is 0.